The van der Waals surface area contributed by atoms with E-state index in [0.29, 0.717) is 6.54 Å². The van der Waals surface area contributed by atoms with Crippen LogP contribution in [0.5, 0.6) is 0 Å². The molecule has 2 amide bonds. The number of amides is 2. The molecule has 0 atom stereocenters. The molecule has 0 saturated heterocycles. The Morgan fingerprint density at radius 1 is 1.19 bits per heavy atom. The predicted molar refractivity (Wildman–Crippen MR) is 97.9 cm³/mol. The smallest absolute Gasteiger partial charge is 0.391 e. The first-order valence-corrected chi connectivity index (χ1v) is 8.37. The third-order valence-corrected chi connectivity index (χ3v) is 3.79. The van der Waals surface area contributed by atoms with Crippen LogP contribution < -0.4 is 21.8 Å². The lowest BCUT2D eigenvalue weighted by Crippen LogP contribution is -2.31. The standard InChI is InChI=1S/C17H16BrF3N4O2/c18-13-6-4-11(5-7-13)9-23-10-15(27-22)25-16(26)24-14-3-1-2-12(8-14)17(19,20)21/h1-8,10,23H,9,22H2,(H2,24,25,26)/b15-10-. The topological polar surface area (TPSA) is 88.4 Å². The summed E-state index contributed by atoms with van der Waals surface area (Å²) in [5.74, 6) is 4.97. The molecule has 0 aliphatic carbocycles. The lowest BCUT2D eigenvalue weighted by molar-refractivity contribution is -0.137. The van der Waals surface area contributed by atoms with Crippen molar-refractivity contribution in [3.8, 4) is 0 Å². The molecule has 2 aromatic rings. The molecule has 0 saturated carbocycles. The maximum absolute atomic E-state index is 12.7. The van der Waals surface area contributed by atoms with E-state index < -0.39 is 17.8 Å². The van der Waals surface area contributed by atoms with Crippen LogP contribution >= 0.6 is 15.9 Å². The van der Waals surface area contributed by atoms with Gasteiger partial charge in [-0.3, -0.25) is 5.32 Å². The molecule has 0 aliphatic rings. The summed E-state index contributed by atoms with van der Waals surface area (Å²) in [6, 6.07) is 11.0. The third kappa shape index (κ3) is 6.83. The molecule has 0 aromatic heterocycles. The average molecular weight is 445 g/mol. The van der Waals surface area contributed by atoms with E-state index in [4.69, 9.17) is 5.90 Å². The molecule has 0 unspecified atom stereocenters. The van der Waals surface area contributed by atoms with Crippen LogP contribution in [-0.2, 0) is 17.6 Å². The summed E-state index contributed by atoms with van der Waals surface area (Å²) in [4.78, 5) is 16.4. The number of alkyl halides is 3. The Hall–Kier alpha value is -2.72. The summed E-state index contributed by atoms with van der Waals surface area (Å²) < 4.78 is 39.0. The molecular formula is C17H16BrF3N4O2. The van der Waals surface area contributed by atoms with E-state index in [9.17, 15) is 18.0 Å². The molecule has 10 heteroatoms. The fraction of sp³-hybridized carbons (Fsp3) is 0.118. The SMILES string of the molecule is NO/C(=C\NCc1ccc(Br)cc1)NC(=O)Nc1cccc(C(F)(F)F)c1. The van der Waals surface area contributed by atoms with Gasteiger partial charge in [-0.15, -0.1) is 0 Å². The maximum Gasteiger partial charge on any atom is 0.416 e. The van der Waals surface area contributed by atoms with E-state index >= 15 is 0 Å². The minimum Gasteiger partial charge on any atom is -0.391 e. The molecule has 0 fully saturated rings. The number of anilines is 1. The third-order valence-electron chi connectivity index (χ3n) is 3.26. The second-order valence-electron chi connectivity index (χ2n) is 5.29. The van der Waals surface area contributed by atoms with Crippen molar-refractivity contribution in [3.05, 3.63) is 76.2 Å². The first-order valence-electron chi connectivity index (χ1n) is 7.58. The van der Waals surface area contributed by atoms with Gasteiger partial charge in [0.2, 0.25) is 5.88 Å². The molecule has 2 rings (SSSR count). The lowest BCUT2D eigenvalue weighted by atomic mass is 10.2. The van der Waals surface area contributed by atoms with E-state index in [1.165, 1.54) is 18.3 Å². The summed E-state index contributed by atoms with van der Waals surface area (Å²) in [5.41, 5.74) is 0.0723. The van der Waals surface area contributed by atoms with Crippen molar-refractivity contribution in [1.29, 1.82) is 0 Å². The fourth-order valence-electron chi connectivity index (χ4n) is 2.01. The van der Waals surface area contributed by atoms with Gasteiger partial charge >= 0.3 is 12.2 Å². The zero-order valence-electron chi connectivity index (χ0n) is 13.8. The van der Waals surface area contributed by atoms with Gasteiger partial charge < -0.3 is 15.5 Å². The van der Waals surface area contributed by atoms with Crippen molar-refractivity contribution in [1.82, 2.24) is 10.6 Å². The van der Waals surface area contributed by atoms with Crippen LogP contribution in [0, 0.1) is 0 Å². The molecule has 0 heterocycles. The highest BCUT2D eigenvalue weighted by Gasteiger charge is 2.30. The normalized spacial score (nSPS) is 11.7. The number of halogens is 4. The minimum atomic E-state index is -4.50. The van der Waals surface area contributed by atoms with Crippen LogP contribution in [0.3, 0.4) is 0 Å². The number of hydrogen-bond donors (Lipinski definition) is 4. The number of nitrogens with one attached hydrogen (secondary N) is 3. The van der Waals surface area contributed by atoms with Crippen LogP contribution in [0.15, 0.2) is 65.1 Å². The minimum absolute atomic E-state index is 0.0264. The Balaban J connectivity index is 1.91. The Bertz CT molecular complexity index is 811. The van der Waals surface area contributed by atoms with Crippen molar-refractivity contribution in [2.75, 3.05) is 5.32 Å². The van der Waals surface area contributed by atoms with Crippen molar-refractivity contribution >= 4 is 27.6 Å². The monoisotopic (exact) mass is 444 g/mol. The maximum atomic E-state index is 12.7. The molecule has 0 bridgehead atoms. The highest BCUT2D eigenvalue weighted by atomic mass is 79.9. The van der Waals surface area contributed by atoms with Gasteiger partial charge in [0.1, 0.15) is 0 Å². The predicted octanol–water partition coefficient (Wildman–Crippen LogP) is 4.07. The zero-order chi connectivity index (χ0) is 19.9. The summed E-state index contributed by atoms with van der Waals surface area (Å²) >= 11 is 3.33. The van der Waals surface area contributed by atoms with Crippen LogP contribution in [0.1, 0.15) is 11.1 Å². The summed E-state index contributed by atoms with van der Waals surface area (Å²) in [7, 11) is 0. The van der Waals surface area contributed by atoms with E-state index in [0.717, 1.165) is 22.2 Å². The van der Waals surface area contributed by atoms with E-state index in [1.54, 1.807) is 0 Å². The molecule has 0 aliphatic heterocycles. The Kier molecular flexibility index (Phi) is 7.08. The van der Waals surface area contributed by atoms with E-state index in [-0.39, 0.29) is 11.6 Å². The van der Waals surface area contributed by atoms with Gasteiger partial charge in [0.25, 0.3) is 0 Å². The number of urea groups is 1. The second-order valence-corrected chi connectivity index (χ2v) is 6.21. The molecule has 2 aromatic carbocycles. The molecule has 144 valence electrons. The lowest BCUT2D eigenvalue weighted by Gasteiger charge is -2.12. The molecule has 5 N–H and O–H groups in total. The van der Waals surface area contributed by atoms with Gasteiger partial charge in [-0.2, -0.15) is 19.1 Å². The Morgan fingerprint density at radius 3 is 2.52 bits per heavy atom. The van der Waals surface area contributed by atoms with Gasteiger partial charge in [0.05, 0.1) is 11.8 Å². The number of carbonyl (C=O) groups excluding carboxylic acids is 1. The van der Waals surface area contributed by atoms with Crippen LogP contribution in [0.4, 0.5) is 23.7 Å². The van der Waals surface area contributed by atoms with Crippen LogP contribution in [0.25, 0.3) is 0 Å². The number of rotatable bonds is 6. The largest absolute Gasteiger partial charge is 0.416 e. The number of carbonyl (C=O) groups is 1. The van der Waals surface area contributed by atoms with Gasteiger partial charge in [0.15, 0.2) is 0 Å². The average Bonchev–Trinajstić information content (AvgIpc) is 2.62. The van der Waals surface area contributed by atoms with Gasteiger partial charge in [-0.25, -0.2) is 4.79 Å². The first-order chi connectivity index (χ1) is 12.8. The van der Waals surface area contributed by atoms with Crippen molar-refractivity contribution in [3.63, 3.8) is 0 Å². The number of hydrogen-bond acceptors (Lipinski definition) is 4. The quantitative estimate of drug-likeness (QED) is 0.399. The number of nitrogens with two attached hydrogens (primary N) is 1. The highest BCUT2D eigenvalue weighted by molar-refractivity contribution is 9.10. The van der Waals surface area contributed by atoms with Crippen molar-refractivity contribution in [2.24, 2.45) is 5.90 Å². The van der Waals surface area contributed by atoms with E-state index in [2.05, 4.69) is 36.7 Å². The molecule has 27 heavy (non-hydrogen) atoms. The zero-order valence-corrected chi connectivity index (χ0v) is 15.4. The van der Waals surface area contributed by atoms with Crippen molar-refractivity contribution in [2.45, 2.75) is 12.7 Å². The van der Waals surface area contributed by atoms with Crippen LogP contribution in [0.2, 0.25) is 0 Å². The van der Waals surface area contributed by atoms with Gasteiger partial charge in [0, 0.05) is 16.7 Å². The van der Waals surface area contributed by atoms with Crippen molar-refractivity contribution < 1.29 is 22.8 Å². The Labute approximate surface area is 161 Å². The fourth-order valence-corrected chi connectivity index (χ4v) is 2.28. The molecular weight excluding hydrogens is 429 g/mol. The summed E-state index contributed by atoms with van der Waals surface area (Å²) in [6.07, 6.45) is -3.18. The van der Waals surface area contributed by atoms with E-state index in [1.807, 2.05) is 24.3 Å². The van der Waals surface area contributed by atoms with Crippen LogP contribution in [-0.4, -0.2) is 6.03 Å². The highest BCUT2D eigenvalue weighted by Crippen LogP contribution is 2.30. The number of benzene rings is 2. The van der Waals surface area contributed by atoms with Gasteiger partial charge in [-0.1, -0.05) is 34.1 Å². The molecule has 0 spiro atoms. The molecule has 0 radical (unpaired) electrons. The second kappa shape index (κ2) is 9.28. The molecule has 6 nitrogen and oxygen atoms in total. The Morgan fingerprint density at radius 2 is 1.89 bits per heavy atom. The van der Waals surface area contributed by atoms with Gasteiger partial charge in [-0.05, 0) is 35.9 Å². The first kappa shape index (κ1) is 20.6. The summed E-state index contributed by atoms with van der Waals surface area (Å²) in [6.45, 7) is 0.442. The summed E-state index contributed by atoms with van der Waals surface area (Å²) in [5, 5.41) is 7.45.